The van der Waals surface area contributed by atoms with Crippen LogP contribution in [0.1, 0.15) is 24.8 Å². The van der Waals surface area contributed by atoms with Crippen LogP contribution in [0.15, 0.2) is 24.3 Å². The van der Waals surface area contributed by atoms with Gasteiger partial charge < -0.3 is 10.2 Å². The zero-order chi connectivity index (χ0) is 15.3. The number of carbonyl (C=O) groups excluding carboxylic acids is 1. The summed E-state index contributed by atoms with van der Waals surface area (Å²) >= 11 is 0. The average Bonchev–Trinajstić information content (AvgIpc) is 2.44. The molecule has 0 radical (unpaired) electrons. The first-order valence-electron chi connectivity index (χ1n) is 8.06. The van der Waals surface area contributed by atoms with Crippen LogP contribution in [0, 0.1) is 0 Å². The molecule has 0 aliphatic carbocycles. The van der Waals surface area contributed by atoms with E-state index < -0.39 is 8.07 Å². The minimum absolute atomic E-state index is 0.281. The van der Waals surface area contributed by atoms with Gasteiger partial charge in [0.1, 0.15) is 0 Å². The molecular formula is C17H28N2OSi-. The molecule has 4 heteroatoms. The number of hydrogen-bond acceptors (Lipinski definition) is 2. The number of hydrogen-bond donors (Lipinski definition) is 1. The second kappa shape index (κ2) is 7.23. The highest BCUT2D eigenvalue weighted by Crippen LogP contribution is 2.25. The molecule has 1 aromatic rings. The summed E-state index contributed by atoms with van der Waals surface area (Å²) in [5.41, 5.74) is 2.41. The van der Waals surface area contributed by atoms with E-state index in [2.05, 4.69) is 43.2 Å². The number of piperidine rings is 1. The number of carbonyl (C=O) groups is 1. The van der Waals surface area contributed by atoms with Crippen LogP contribution in [-0.4, -0.2) is 33.2 Å². The maximum absolute atomic E-state index is 12.1. The van der Waals surface area contributed by atoms with Gasteiger partial charge >= 0.3 is 0 Å². The first-order chi connectivity index (χ1) is 9.97. The van der Waals surface area contributed by atoms with Gasteiger partial charge in [-0.05, 0) is 37.4 Å². The van der Waals surface area contributed by atoms with Gasteiger partial charge in [0.2, 0.25) is 5.91 Å². The third kappa shape index (κ3) is 4.97. The second-order valence-electron chi connectivity index (χ2n) is 7.12. The Balaban J connectivity index is 1.98. The number of anilines is 1. The zero-order valence-corrected chi connectivity index (χ0v) is 14.6. The monoisotopic (exact) mass is 304 g/mol. The minimum atomic E-state index is -1.03. The molecule has 0 unspecified atom stereocenters. The number of amides is 1. The summed E-state index contributed by atoms with van der Waals surface area (Å²) in [7, 11) is -1.03. The summed E-state index contributed by atoms with van der Waals surface area (Å²) in [6.45, 7) is 8.99. The molecule has 1 N–H and O–H groups in total. The lowest BCUT2D eigenvalue weighted by molar-refractivity contribution is -0.119. The van der Waals surface area contributed by atoms with Crippen LogP contribution in [-0.2, 0) is 11.2 Å². The summed E-state index contributed by atoms with van der Waals surface area (Å²) < 4.78 is 0. The maximum Gasteiger partial charge on any atom is 0.226 e. The molecule has 0 saturated carbocycles. The molecular weight excluding hydrogens is 276 g/mol. The first-order valence-corrected chi connectivity index (χ1v) is 11.8. The Kier molecular flexibility index (Phi) is 5.59. The van der Waals surface area contributed by atoms with Crippen LogP contribution in [0.3, 0.4) is 0 Å². The Morgan fingerprint density at radius 3 is 2.67 bits per heavy atom. The van der Waals surface area contributed by atoms with E-state index in [9.17, 15) is 4.79 Å². The number of rotatable bonds is 6. The molecule has 2 rings (SSSR count). The Labute approximate surface area is 129 Å². The average molecular weight is 305 g/mol. The van der Waals surface area contributed by atoms with Crippen LogP contribution < -0.4 is 10.2 Å². The van der Waals surface area contributed by atoms with Crippen molar-refractivity contribution in [2.24, 2.45) is 0 Å². The molecule has 1 fully saturated rings. The molecule has 0 spiro atoms. The minimum Gasteiger partial charge on any atom is -0.347 e. The van der Waals surface area contributed by atoms with Gasteiger partial charge in [-0.2, -0.15) is 19.6 Å². The normalized spacial score (nSPS) is 16.3. The van der Waals surface area contributed by atoms with Crippen LogP contribution in [0.25, 0.3) is 0 Å². The largest absolute Gasteiger partial charge is 0.347 e. The first kappa shape index (κ1) is 16.2. The van der Waals surface area contributed by atoms with Gasteiger partial charge in [-0.3, -0.25) is 4.79 Å². The lowest BCUT2D eigenvalue weighted by Crippen LogP contribution is -2.38. The van der Waals surface area contributed by atoms with Crippen molar-refractivity contribution in [3.63, 3.8) is 0 Å². The van der Waals surface area contributed by atoms with Crippen LogP contribution in [0.2, 0.25) is 19.6 Å². The van der Waals surface area contributed by atoms with E-state index in [0.29, 0.717) is 6.42 Å². The lowest BCUT2D eigenvalue weighted by atomic mass is 10.0. The van der Waals surface area contributed by atoms with E-state index in [-0.39, 0.29) is 5.91 Å². The van der Waals surface area contributed by atoms with Crippen LogP contribution in [0.5, 0.6) is 0 Å². The van der Waals surface area contributed by atoms with Gasteiger partial charge in [0.25, 0.3) is 0 Å². The number of benzene rings is 1. The summed E-state index contributed by atoms with van der Waals surface area (Å²) in [5.74, 6) is 0.281. The van der Waals surface area contributed by atoms with Crippen molar-refractivity contribution in [2.45, 2.75) is 45.3 Å². The summed E-state index contributed by atoms with van der Waals surface area (Å²) in [6, 6.07) is 8.37. The Hall–Kier alpha value is -1.13. The Bertz CT molecular complexity index is 482. The highest BCUT2D eigenvalue weighted by atomic mass is 28.3. The lowest BCUT2D eigenvalue weighted by Gasteiger charge is -2.30. The SMILES string of the molecule is C[Si-](C)(C)CNCCc1ccccc1N1CCCCC1=O. The third-order valence-corrected chi connectivity index (χ3v) is 5.14. The number of nitrogens with zero attached hydrogens (tertiary/aromatic N) is 1. The van der Waals surface area contributed by atoms with E-state index >= 15 is 0 Å². The molecule has 3 nitrogen and oxygen atoms in total. The van der Waals surface area contributed by atoms with Gasteiger partial charge in [0.05, 0.1) is 0 Å². The van der Waals surface area contributed by atoms with Crippen LogP contribution >= 0.6 is 0 Å². The van der Waals surface area contributed by atoms with Crippen molar-refractivity contribution in [1.82, 2.24) is 5.32 Å². The fraction of sp³-hybridized carbons (Fsp3) is 0.588. The van der Waals surface area contributed by atoms with Gasteiger partial charge in [0, 0.05) is 18.7 Å². The smallest absolute Gasteiger partial charge is 0.226 e. The standard InChI is InChI=1S/C17H28N2OSi/c1-21(2,3)14-18-12-11-15-8-4-5-9-16(15)19-13-7-6-10-17(19)20/h4-5,8-9,18H,6-7,10-14H2,1-3H3/q-1. The van der Waals surface area contributed by atoms with Gasteiger partial charge in [0.15, 0.2) is 0 Å². The predicted molar refractivity (Wildman–Crippen MR) is 92.6 cm³/mol. The Morgan fingerprint density at radius 2 is 1.95 bits per heavy atom. The molecule has 1 heterocycles. The van der Waals surface area contributed by atoms with Crippen molar-refractivity contribution < 1.29 is 4.79 Å². The van der Waals surface area contributed by atoms with Crippen molar-refractivity contribution in [3.05, 3.63) is 29.8 Å². The summed E-state index contributed by atoms with van der Waals surface area (Å²) in [6.07, 6.45) is 4.99. The van der Waals surface area contributed by atoms with Crippen molar-refractivity contribution in [2.75, 3.05) is 24.2 Å². The van der Waals surface area contributed by atoms with Gasteiger partial charge in [-0.1, -0.05) is 18.2 Å². The number of nitrogens with one attached hydrogen (secondary N) is 1. The topological polar surface area (TPSA) is 32.3 Å². The van der Waals surface area contributed by atoms with E-state index in [1.807, 2.05) is 11.0 Å². The van der Waals surface area contributed by atoms with Crippen molar-refractivity contribution in [3.8, 4) is 0 Å². The van der Waals surface area contributed by atoms with Crippen molar-refractivity contribution in [1.29, 1.82) is 0 Å². The highest BCUT2D eigenvalue weighted by molar-refractivity contribution is 6.76. The predicted octanol–water partition coefficient (Wildman–Crippen LogP) is 3.21. The van der Waals surface area contributed by atoms with E-state index in [0.717, 1.165) is 44.2 Å². The van der Waals surface area contributed by atoms with E-state index in [4.69, 9.17) is 0 Å². The number of para-hydroxylation sites is 1. The Morgan fingerprint density at radius 1 is 1.19 bits per heavy atom. The fourth-order valence-corrected chi connectivity index (χ4v) is 3.66. The van der Waals surface area contributed by atoms with Gasteiger partial charge in [-0.25, -0.2) is 0 Å². The molecule has 21 heavy (non-hydrogen) atoms. The molecule has 1 aliphatic heterocycles. The second-order valence-corrected chi connectivity index (χ2v) is 12.6. The van der Waals surface area contributed by atoms with Crippen molar-refractivity contribution >= 4 is 19.7 Å². The highest BCUT2D eigenvalue weighted by Gasteiger charge is 2.21. The summed E-state index contributed by atoms with van der Waals surface area (Å²) in [4.78, 5) is 14.1. The van der Waals surface area contributed by atoms with Gasteiger partial charge in [-0.15, -0.1) is 14.2 Å². The quantitative estimate of drug-likeness (QED) is 0.646. The third-order valence-electron chi connectivity index (χ3n) is 3.83. The molecule has 1 amide bonds. The molecule has 0 aromatic heterocycles. The van der Waals surface area contributed by atoms with E-state index in [1.54, 1.807) is 0 Å². The van der Waals surface area contributed by atoms with Crippen LogP contribution in [0.4, 0.5) is 5.69 Å². The molecule has 117 valence electrons. The van der Waals surface area contributed by atoms with E-state index in [1.165, 1.54) is 5.56 Å². The molecule has 1 aromatic carbocycles. The molecule has 0 atom stereocenters. The molecule has 0 bridgehead atoms. The summed E-state index contributed by atoms with van der Waals surface area (Å²) in [5, 5.41) is 3.57. The zero-order valence-electron chi connectivity index (χ0n) is 13.6. The molecule has 1 aliphatic rings. The maximum atomic E-state index is 12.1. The fourth-order valence-electron chi connectivity index (χ4n) is 2.73. The molecule has 1 saturated heterocycles.